The molecule has 1 atom stereocenters. The molecule has 1 heterocycles. The van der Waals surface area contributed by atoms with Gasteiger partial charge in [-0.2, -0.15) is 6.42 Å². The van der Waals surface area contributed by atoms with Crippen LogP contribution in [0.1, 0.15) is 57.8 Å². The van der Waals surface area contributed by atoms with Crippen LogP contribution in [0.2, 0.25) is 0 Å². The third kappa shape index (κ3) is 6.93. The Balaban J connectivity index is 0.00000169. The zero-order chi connectivity index (χ0) is 9.36. The summed E-state index contributed by atoms with van der Waals surface area (Å²) in [5.41, 5.74) is 0. The van der Waals surface area contributed by atoms with Crippen LogP contribution in [0.3, 0.4) is 0 Å². The maximum atomic E-state index is 3.87. The molecule has 0 aromatic rings. The van der Waals surface area contributed by atoms with Crippen molar-refractivity contribution in [2.75, 3.05) is 6.54 Å². The van der Waals surface area contributed by atoms with E-state index >= 15 is 0 Å². The number of hydrogen-bond donors (Lipinski definition) is 1. The number of unbranched alkanes of at least 4 members (excludes halogenated alkanes) is 3. The smallest absolute Gasteiger partial charge is 0.343 e. The summed E-state index contributed by atoms with van der Waals surface area (Å²) in [5, 5.41) is 3.64. The van der Waals surface area contributed by atoms with Gasteiger partial charge < -0.3 is 12.2 Å². The molecule has 1 rings (SSSR count). The fourth-order valence-corrected chi connectivity index (χ4v) is 2.09. The van der Waals surface area contributed by atoms with Crippen molar-refractivity contribution >= 4 is 0 Å². The summed E-state index contributed by atoms with van der Waals surface area (Å²) in [5.74, 6) is 0. The quantitative estimate of drug-likeness (QED) is 0.373. The van der Waals surface area contributed by atoms with E-state index in [-0.39, 0.29) is 18.9 Å². The number of nitrogens with one attached hydrogen (secondary N) is 1. The van der Waals surface area contributed by atoms with Crippen LogP contribution in [0.25, 0.3) is 0 Å². The van der Waals surface area contributed by atoms with Gasteiger partial charge in [-0.05, 0) is 25.8 Å². The summed E-state index contributed by atoms with van der Waals surface area (Å²) in [6.45, 7) is 5.12. The predicted octanol–water partition coefficient (Wildman–Crippen LogP) is 0.307. The molecule has 0 spiro atoms. The Labute approximate surface area is 102 Å². The van der Waals surface area contributed by atoms with Crippen LogP contribution in [0, 0.1) is 6.92 Å². The monoisotopic (exact) mass is 189 g/mol. The maximum Gasteiger partial charge on any atom is 1.00 e. The minimum absolute atomic E-state index is 0. The molecule has 0 radical (unpaired) electrons. The van der Waals surface area contributed by atoms with E-state index in [1.165, 1.54) is 57.9 Å². The van der Waals surface area contributed by atoms with E-state index < -0.39 is 0 Å². The van der Waals surface area contributed by atoms with Gasteiger partial charge in [-0.1, -0.05) is 32.1 Å². The molecule has 1 N–H and O–H groups in total. The molecule has 1 aliphatic heterocycles. The molecule has 0 aliphatic carbocycles. The minimum atomic E-state index is 0. The van der Waals surface area contributed by atoms with Gasteiger partial charge >= 0.3 is 18.9 Å². The third-order valence-corrected chi connectivity index (χ3v) is 2.96. The second-order valence-corrected chi connectivity index (χ2v) is 4.20. The van der Waals surface area contributed by atoms with Gasteiger partial charge in [-0.25, -0.2) is 0 Å². The molecule has 2 heteroatoms. The van der Waals surface area contributed by atoms with Gasteiger partial charge in [0.15, 0.2) is 0 Å². The van der Waals surface area contributed by atoms with Gasteiger partial charge in [-0.15, -0.1) is 0 Å². The third-order valence-electron chi connectivity index (χ3n) is 2.96. The average Bonchev–Trinajstić information content (AvgIpc) is 2.41. The van der Waals surface area contributed by atoms with E-state index in [1.54, 1.807) is 0 Å². The normalized spacial score (nSPS) is 22.5. The van der Waals surface area contributed by atoms with E-state index in [0.717, 1.165) is 12.5 Å². The van der Waals surface area contributed by atoms with Crippen LogP contribution in [0.4, 0.5) is 0 Å². The van der Waals surface area contributed by atoms with Crippen molar-refractivity contribution in [3.63, 3.8) is 0 Å². The average molecular weight is 189 g/mol. The first-order valence-electron chi connectivity index (χ1n) is 5.96. The van der Waals surface area contributed by atoms with Crippen molar-refractivity contribution in [2.24, 2.45) is 0 Å². The maximum absolute atomic E-state index is 3.87. The molecule has 1 aliphatic rings. The Bertz CT molecular complexity index is 109. The Kier molecular flexibility index (Phi) is 10.5. The molecule has 0 aromatic heterocycles. The Morgan fingerprint density at radius 2 is 1.93 bits per heavy atom. The summed E-state index contributed by atoms with van der Waals surface area (Å²) in [6, 6.07) is 0.826. The summed E-state index contributed by atoms with van der Waals surface area (Å²) in [6.07, 6.45) is 12.2. The molecular formula is C12H24LiN. The van der Waals surface area contributed by atoms with Gasteiger partial charge in [0.25, 0.3) is 0 Å². The van der Waals surface area contributed by atoms with Gasteiger partial charge in [0.1, 0.15) is 0 Å². The fraction of sp³-hybridized carbons (Fsp3) is 0.917. The SMILES string of the molecule is [CH2-]CCCCCC1CCCCCN1.[Li+]. The van der Waals surface area contributed by atoms with Crippen LogP contribution in [-0.4, -0.2) is 12.6 Å². The Hall–Kier alpha value is 0.557. The first-order chi connectivity index (χ1) is 6.43. The van der Waals surface area contributed by atoms with E-state index in [0.29, 0.717) is 0 Å². The molecule has 0 saturated carbocycles. The first-order valence-corrected chi connectivity index (χ1v) is 5.96. The molecule has 0 aromatic carbocycles. The topological polar surface area (TPSA) is 12.0 Å². The van der Waals surface area contributed by atoms with Gasteiger partial charge in [-0.3, -0.25) is 0 Å². The van der Waals surface area contributed by atoms with E-state index in [1.807, 2.05) is 0 Å². The molecule has 1 nitrogen and oxygen atoms in total. The number of hydrogen-bond acceptors (Lipinski definition) is 1. The molecule has 1 unspecified atom stereocenters. The van der Waals surface area contributed by atoms with Crippen molar-refractivity contribution in [3.8, 4) is 0 Å². The van der Waals surface area contributed by atoms with Crippen LogP contribution in [-0.2, 0) is 0 Å². The van der Waals surface area contributed by atoms with Crippen molar-refractivity contribution in [3.05, 3.63) is 6.92 Å². The summed E-state index contributed by atoms with van der Waals surface area (Å²) in [4.78, 5) is 0. The van der Waals surface area contributed by atoms with Crippen LogP contribution >= 0.6 is 0 Å². The van der Waals surface area contributed by atoms with E-state index in [2.05, 4.69) is 12.2 Å². The molecule has 1 saturated heterocycles. The van der Waals surface area contributed by atoms with Gasteiger partial charge in [0, 0.05) is 6.04 Å². The predicted molar refractivity (Wildman–Crippen MR) is 58.7 cm³/mol. The van der Waals surface area contributed by atoms with Crippen LogP contribution in [0.15, 0.2) is 0 Å². The van der Waals surface area contributed by atoms with Gasteiger partial charge in [0.2, 0.25) is 0 Å². The standard InChI is InChI=1S/C12H24N.Li/c1-2-3-4-6-9-12-10-7-5-8-11-13-12;/h12-13H,1-11H2;/q-1;+1. The molecule has 1 fully saturated rings. The first kappa shape index (κ1) is 14.6. The summed E-state index contributed by atoms with van der Waals surface area (Å²) < 4.78 is 0. The number of rotatable bonds is 5. The van der Waals surface area contributed by atoms with Crippen molar-refractivity contribution in [1.82, 2.24) is 5.32 Å². The van der Waals surface area contributed by atoms with Crippen molar-refractivity contribution < 1.29 is 18.9 Å². The summed E-state index contributed by atoms with van der Waals surface area (Å²) in [7, 11) is 0. The molecule has 0 amide bonds. The van der Waals surface area contributed by atoms with Crippen molar-refractivity contribution in [1.29, 1.82) is 0 Å². The molecule has 14 heavy (non-hydrogen) atoms. The molecular weight excluding hydrogens is 165 g/mol. The van der Waals surface area contributed by atoms with E-state index in [4.69, 9.17) is 0 Å². The summed E-state index contributed by atoms with van der Waals surface area (Å²) >= 11 is 0. The zero-order valence-corrected chi connectivity index (χ0v) is 9.86. The zero-order valence-electron chi connectivity index (χ0n) is 9.86. The van der Waals surface area contributed by atoms with Gasteiger partial charge in [0.05, 0.1) is 0 Å². The van der Waals surface area contributed by atoms with Crippen LogP contribution in [0.5, 0.6) is 0 Å². The second kappa shape index (κ2) is 10.1. The molecule has 78 valence electrons. The Morgan fingerprint density at radius 3 is 2.71 bits per heavy atom. The van der Waals surface area contributed by atoms with Crippen LogP contribution < -0.4 is 24.2 Å². The fourth-order valence-electron chi connectivity index (χ4n) is 2.09. The Morgan fingerprint density at radius 1 is 1.07 bits per heavy atom. The van der Waals surface area contributed by atoms with Crippen molar-refractivity contribution in [2.45, 2.75) is 63.8 Å². The second-order valence-electron chi connectivity index (χ2n) is 4.20. The largest absolute Gasteiger partial charge is 1.00 e. The minimum Gasteiger partial charge on any atom is -0.343 e. The van der Waals surface area contributed by atoms with E-state index in [9.17, 15) is 0 Å². The molecule has 0 bridgehead atoms.